The fourth-order valence-electron chi connectivity index (χ4n) is 6.18. The van der Waals surface area contributed by atoms with Gasteiger partial charge in [0.1, 0.15) is 16.8 Å². The summed E-state index contributed by atoms with van der Waals surface area (Å²) in [7, 11) is 0. The molecule has 0 amide bonds. The Kier molecular flexibility index (Phi) is 2.22. The molecule has 128 valence electrons. The zero-order chi connectivity index (χ0) is 17.9. The van der Waals surface area contributed by atoms with Crippen molar-refractivity contribution in [3.05, 3.63) is 106 Å². The van der Waals surface area contributed by atoms with Gasteiger partial charge in [-0.25, -0.2) is 0 Å². The summed E-state index contributed by atoms with van der Waals surface area (Å²) in [5, 5.41) is 36.5. The highest BCUT2D eigenvalue weighted by atomic mass is 16.3. The average molecular weight is 342 g/mol. The van der Waals surface area contributed by atoms with E-state index >= 15 is 0 Å². The average Bonchev–Trinajstić information content (AvgIpc) is 3.05. The Balaban J connectivity index is 1.93. The van der Waals surface area contributed by atoms with Crippen molar-refractivity contribution in [2.24, 2.45) is 5.41 Å². The predicted molar refractivity (Wildman–Crippen MR) is 96.4 cm³/mol. The van der Waals surface area contributed by atoms with Gasteiger partial charge in [0.15, 0.2) is 0 Å². The minimum Gasteiger partial charge on any atom is -0.379 e. The standard InChI is InChI=1S/C23H18O3/c1-20-21(24)14-8-2-3-9-15(14)22(20,25)18-12-6-7-13-19(18)23(20,26)17-11-5-4-10-16(17)21/h2-13,24-26H,1H3. The van der Waals surface area contributed by atoms with Crippen LogP contribution in [0.2, 0.25) is 0 Å². The van der Waals surface area contributed by atoms with E-state index in [1.807, 2.05) is 79.7 Å². The van der Waals surface area contributed by atoms with Gasteiger partial charge in [-0.05, 0) is 40.3 Å². The van der Waals surface area contributed by atoms with Crippen LogP contribution in [0.25, 0.3) is 0 Å². The molecule has 0 radical (unpaired) electrons. The molecule has 3 aliphatic rings. The molecule has 0 saturated heterocycles. The monoisotopic (exact) mass is 342 g/mol. The number of fused-ring (bicyclic) bond motifs is 9. The van der Waals surface area contributed by atoms with Gasteiger partial charge >= 0.3 is 0 Å². The Morgan fingerprint density at radius 3 is 0.846 bits per heavy atom. The Morgan fingerprint density at radius 1 is 0.462 bits per heavy atom. The molecule has 0 bridgehead atoms. The number of aliphatic hydroxyl groups is 3. The highest BCUT2D eigenvalue weighted by Crippen LogP contribution is 2.79. The normalized spacial score (nSPS) is 37.8. The molecule has 3 aromatic rings. The Bertz CT molecular complexity index is 905. The van der Waals surface area contributed by atoms with Gasteiger partial charge in [0, 0.05) is 0 Å². The molecule has 6 rings (SSSR count). The number of hydrogen-bond donors (Lipinski definition) is 3. The fourth-order valence-corrected chi connectivity index (χ4v) is 6.18. The molecular formula is C23H18O3. The van der Waals surface area contributed by atoms with E-state index in [-0.39, 0.29) is 0 Å². The Hall–Kier alpha value is -2.46. The fraction of sp³-hybridized carbons (Fsp3) is 0.217. The van der Waals surface area contributed by atoms with Crippen molar-refractivity contribution in [2.75, 3.05) is 0 Å². The van der Waals surface area contributed by atoms with E-state index in [0.29, 0.717) is 33.4 Å². The summed E-state index contributed by atoms with van der Waals surface area (Å²) in [4.78, 5) is 0. The lowest BCUT2D eigenvalue weighted by Crippen LogP contribution is -2.54. The van der Waals surface area contributed by atoms with Crippen LogP contribution in [0, 0.1) is 5.41 Å². The number of rotatable bonds is 0. The van der Waals surface area contributed by atoms with Crippen molar-refractivity contribution in [1.29, 1.82) is 0 Å². The van der Waals surface area contributed by atoms with Gasteiger partial charge in [-0.3, -0.25) is 0 Å². The van der Waals surface area contributed by atoms with Crippen LogP contribution in [0.3, 0.4) is 0 Å². The molecule has 0 spiro atoms. The van der Waals surface area contributed by atoms with E-state index < -0.39 is 22.2 Å². The van der Waals surface area contributed by atoms with Crippen LogP contribution in [-0.2, 0) is 16.8 Å². The molecule has 26 heavy (non-hydrogen) atoms. The maximum Gasteiger partial charge on any atom is 0.128 e. The highest BCUT2D eigenvalue weighted by Gasteiger charge is 2.84. The van der Waals surface area contributed by atoms with Crippen molar-refractivity contribution in [2.45, 2.75) is 23.7 Å². The maximum atomic E-state index is 12.2. The Morgan fingerprint density at radius 2 is 0.654 bits per heavy atom. The molecule has 3 nitrogen and oxygen atoms in total. The van der Waals surface area contributed by atoms with Crippen LogP contribution in [0.1, 0.15) is 40.3 Å². The largest absolute Gasteiger partial charge is 0.379 e. The van der Waals surface area contributed by atoms with E-state index in [9.17, 15) is 15.3 Å². The van der Waals surface area contributed by atoms with E-state index in [0.717, 1.165) is 0 Å². The first-order valence-electron chi connectivity index (χ1n) is 8.90. The zero-order valence-corrected chi connectivity index (χ0v) is 14.3. The third kappa shape index (κ3) is 1.04. The quantitative estimate of drug-likeness (QED) is 0.589. The van der Waals surface area contributed by atoms with Crippen molar-refractivity contribution in [1.82, 2.24) is 0 Å². The van der Waals surface area contributed by atoms with Crippen molar-refractivity contribution < 1.29 is 15.3 Å². The minimum atomic E-state index is -1.48. The molecule has 3 N–H and O–H groups in total. The molecule has 0 aliphatic heterocycles. The van der Waals surface area contributed by atoms with Gasteiger partial charge in [0.25, 0.3) is 0 Å². The first-order valence-corrected chi connectivity index (χ1v) is 8.90. The van der Waals surface area contributed by atoms with Crippen molar-refractivity contribution >= 4 is 0 Å². The summed E-state index contributed by atoms with van der Waals surface area (Å²) in [6.45, 7) is 1.81. The summed E-state index contributed by atoms with van der Waals surface area (Å²) in [5.41, 5.74) is -1.69. The second-order valence-corrected chi connectivity index (χ2v) is 7.89. The Labute approximate surface area is 151 Å². The molecule has 0 heterocycles. The van der Waals surface area contributed by atoms with E-state index in [1.54, 1.807) is 0 Å². The molecule has 0 aromatic heterocycles. The first-order chi connectivity index (χ1) is 12.4. The SMILES string of the molecule is CC12C3(O)c4ccccc4C1(O)c1ccccc1C2(O)c1ccccc13. The smallest absolute Gasteiger partial charge is 0.128 e. The molecule has 3 aromatic carbocycles. The van der Waals surface area contributed by atoms with Crippen LogP contribution < -0.4 is 0 Å². The van der Waals surface area contributed by atoms with Crippen molar-refractivity contribution in [3.8, 4) is 0 Å². The summed E-state index contributed by atoms with van der Waals surface area (Å²) < 4.78 is 0. The van der Waals surface area contributed by atoms with Gasteiger partial charge < -0.3 is 15.3 Å². The van der Waals surface area contributed by atoms with Gasteiger partial charge in [-0.1, -0.05) is 72.8 Å². The lowest BCUT2D eigenvalue weighted by molar-refractivity contribution is -0.194. The highest BCUT2D eigenvalue weighted by molar-refractivity contribution is 5.73. The molecule has 0 unspecified atom stereocenters. The van der Waals surface area contributed by atoms with Gasteiger partial charge in [0.05, 0.1) is 5.41 Å². The lowest BCUT2D eigenvalue weighted by Gasteiger charge is -2.45. The minimum absolute atomic E-state index is 0.669. The second kappa shape index (κ2) is 3.94. The van der Waals surface area contributed by atoms with Crippen LogP contribution in [-0.4, -0.2) is 15.3 Å². The van der Waals surface area contributed by atoms with Crippen LogP contribution in [0.15, 0.2) is 72.8 Å². The maximum absolute atomic E-state index is 12.2. The third-order valence-electron chi connectivity index (χ3n) is 7.29. The van der Waals surface area contributed by atoms with Crippen molar-refractivity contribution in [3.63, 3.8) is 0 Å². The summed E-state index contributed by atoms with van der Waals surface area (Å²) in [5.74, 6) is 0. The summed E-state index contributed by atoms with van der Waals surface area (Å²) in [6, 6.07) is 22.4. The second-order valence-electron chi connectivity index (χ2n) is 7.89. The van der Waals surface area contributed by atoms with Crippen LogP contribution in [0.4, 0.5) is 0 Å². The number of benzene rings is 3. The molecule has 3 heteroatoms. The lowest BCUT2D eigenvalue weighted by atomic mass is 9.63. The van der Waals surface area contributed by atoms with E-state index in [2.05, 4.69) is 0 Å². The van der Waals surface area contributed by atoms with Gasteiger partial charge in [-0.15, -0.1) is 0 Å². The molecule has 0 saturated carbocycles. The molecule has 0 fully saturated rings. The third-order valence-corrected chi connectivity index (χ3v) is 7.29. The van der Waals surface area contributed by atoms with Gasteiger partial charge in [-0.2, -0.15) is 0 Å². The topological polar surface area (TPSA) is 60.7 Å². The zero-order valence-electron chi connectivity index (χ0n) is 14.3. The number of hydrogen-bond acceptors (Lipinski definition) is 3. The molecule has 3 aliphatic carbocycles. The summed E-state index contributed by atoms with van der Waals surface area (Å²) >= 11 is 0. The van der Waals surface area contributed by atoms with Crippen LogP contribution in [0.5, 0.6) is 0 Å². The molecular weight excluding hydrogens is 324 g/mol. The predicted octanol–water partition coefficient (Wildman–Crippen LogP) is 2.74. The molecule has 0 atom stereocenters. The first kappa shape index (κ1) is 14.7. The van der Waals surface area contributed by atoms with Crippen LogP contribution >= 0.6 is 0 Å². The van der Waals surface area contributed by atoms with Gasteiger partial charge in [0.2, 0.25) is 0 Å². The summed E-state index contributed by atoms with van der Waals surface area (Å²) in [6.07, 6.45) is 0. The van der Waals surface area contributed by atoms with E-state index in [4.69, 9.17) is 0 Å². The van der Waals surface area contributed by atoms with E-state index in [1.165, 1.54) is 0 Å².